The molecule has 0 spiro atoms. The molecule has 3 unspecified atom stereocenters. The number of carbonyl (C=O) groups is 7. The summed E-state index contributed by atoms with van der Waals surface area (Å²) >= 11 is 2.05. The molecule has 0 aromatic heterocycles. The van der Waals surface area contributed by atoms with Gasteiger partial charge in [-0.05, 0) is 17.9 Å². The highest BCUT2D eigenvalue weighted by molar-refractivity contribution is 8.04. The van der Waals surface area contributed by atoms with Crippen LogP contribution < -0.4 is 0 Å². The van der Waals surface area contributed by atoms with Gasteiger partial charge in [0.25, 0.3) is 0 Å². The predicted molar refractivity (Wildman–Crippen MR) is 164 cm³/mol. The topological polar surface area (TPSA) is 178 Å². The minimum atomic E-state index is -2.04. The van der Waals surface area contributed by atoms with Crippen molar-refractivity contribution in [1.29, 1.82) is 0 Å². The normalized spacial score (nSPS) is 23.6. The average Bonchev–Trinajstić information content (AvgIpc) is 2.96. The highest BCUT2D eigenvalue weighted by Gasteiger charge is 2.66. The van der Waals surface area contributed by atoms with E-state index in [-0.39, 0.29) is 5.75 Å². The zero-order chi connectivity index (χ0) is 34.8. The van der Waals surface area contributed by atoms with Crippen molar-refractivity contribution in [2.45, 2.75) is 94.0 Å². The molecule has 7 atom stereocenters. The molecule has 2 amide bonds. The molecule has 0 radical (unpaired) electrons. The molecule has 1 heterocycles. The van der Waals surface area contributed by atoms with Crippen LogP contribution in [-0.2, 0) is 62.0 Å². The average molecular weight is 686 g/mol. The van der Waals surface area contributed by atoms with Crippen molar-refractivity contribution >= 4 is 65.2 Å². The fourth-order valence-electron chi connectivity index (χ4n) is 5.08. The summed E-state index contributed by atoms with van der Waals surface area (Å²) in [6.45, 7) is 7.57. The van der Waals surface area contributed by atoms with Gasteiger partial charge in [0.2, 0.25) is 16.7 Å². The van der Waals surface area contributed by atoms with Gasteiger partial charge in [0.1, 0.15) is 24.9 Å². The lowest BCUT2D eigenvalue weighted by Gasteiger charge is -2.54. The number of amides is 2. The van der Waals surface area contributed by atoms with Crippen LogP contribution in [0.1, 0.15) is 48.5 Å². The zero-order valence-electron chi connectivity index (χ0n) is 26.8. The van der Waals surface area contributed by atoms with Crippen molar-refractivity contribution in [3.05, 3.63) is 30.3 Å². The van der Waals surface area contributed by atoms with Gasteiger partial charge in [-0.2, -0.15) is 0 Å². The molecule has 0 saturated carbocycles. The van der Waals surface area contributed by atoms with Crippen LogP contribution in [0, 0.1) is 0 Å². The van der Waals surface area contributed by atoms with E-state index in [2.05, 4.69) is 0 Å². The second-order valence-corrected chi connectivity index (χ2v) is 12.7. The van der Waals surface area contributed by atoms with Crippen LogP contribution in [0.5, 0.6) is 0 Å². The minimum absolute atomic E-state index is 0.243. The number of esters is 5. The maximum Gasteiger partial charge on any atom is 0.350 e. The smallest absolute Gasteiger partial charge is 0.350 e. The van der Waals surface area contributed by atoms with Crippen LogP contribution in [0.25, 0.3) is 0 Å². The summed E-state index contributed by atoms with van der Waals surface area (Å²) in [7, 11) is 1.12. The number of methoxy groups -OCH3 is 1. The van der Waals surface area contributed by atoms with Gasteiger partial charge < -0.3 is 28.4 Å². The number of carbonyl (C=O) groups excluding carboxylic acids is 7. The summed E-state index contributed by atoms with van der Waals surface area (Å²) in [5, 5.41) is -1.18. The van der Waals surface area contributed by atoms with Gasteiger partial charge in [-0.3, -0.25) is 33.7 Å². The van der Waals surface area contributed by atoms with Crippen LogP contribution in [-0.4, -0.2) is 107 Å². The fourth-order valence-corrected chi connectivity index (χ4v) is 7.80. The maximum absolute atomic E-state index is 13.9. The van der Waals surface area contributed by atoms with Gasteiger partial charge in [-0.15, -0.1) is 23.5 Å². The maximum atomic E-state index is 13.9. The first kappa shape index (κ1) is 38.6. The Morgan fingerprint density at radius 1 is 0.870 bits per heavy atom. The van der Waals surface area contributed by atoms with E-state index in [1.54, 1.807) is 37.3 Å². The summed E-state index contributed by atoms with van der Waals surface area (Å²) in [5.41, 5.74) is 0. The molecule has 1 aliphatic rings. The van der Waals surface area contributed by atoms with Crippen LogP contribution in [0.4, 0.5) is 0 Å². The predicted octanol–water partition coefficient (Wildman–Crippen LogP) is 2.29. The number of imide groups is 1. The van der Waals surface area contributed by atoms with Crippen LogP contribution in [0.3, 0.4) is 0 Å². The molecular weight excluding hydrogens is 646 g/mol. The van der Waals surface area contributed by atoms with Crippen molar-refractivity contribution in [3.8, 4) is 0 Å². The molecule has 14 nitrogen and oxygen atoms in total. The number of hydrogen-bond donors (Lipinski definition) is 0. The molecule has 1 aromatic rings. The summed E-state index contributed by atoms with van der Waals surface area (Å²) < 4.78 is 33.9. The lowest BCUT2D eigenvalue weighted by atomic mass is 9.87. The lowest BCUT2D eigenvalue weighted by Crippen LogP contribution is -2.73. The Morgan fingerprint density at radius 3 is 1.91 bits per heavy atom. The Labute approximate surface area is 275 Å². The Morgan fingerprint density at radius 2 is 1.46 bits per heavy atom. The van der Waals surface area contributed by atoms with Gasteiger partial charge in [0, 0.05) is 46.4 Å². The monoisotopic (exact) mass is 685 g/mol. The van der Waals surface area contributed by atoms with Gasteiger partial charge in [0.05, 0.1) is 12.4 Å². The van der Waals surface area contributed by atoms with Gasteiger partial charge in [-0.1, -0.05) is 25.1 Å². The summed E-state index contributed by atoms with van der Waals surface area (Å²) in [6, 6.07) is 7.16. The van der Waals surface area contributed by atoms with E-state index in [0.717, 1.165) is 77.1 Å². The third-order valence-corrected chi connectivity index (χ3v) is 9.31. The van der Waals surface area contributed by atoms with Crippen LogP contribution >= 0.6 is 23.5 Å². The Balaban J connectivity index is 3.06. The molecule has 1 fully saturated rings. The molecule has 0 bridgehead atoms. The molecule has 0 aliphatic carbocycles. The summed E-state index contributed by atoms with van der Waals surface area (Å²) in [6.07, 6.45) is -6.52. The Kier molecular flexibility index (Phi) is 14.5. The Bertz CT molecular complexity index is 1280. The van der Waals surface area contributed by atoms with Crippen molar-refractivity contribution in [3.63, 3.8) is 0 Å². The molecule has 254 valence electrons. The third kappa shape index (κ3) is 9.69. The minimum Gasteiger partial charge on any atom is -0.466 e. The molecular formula is C30H39NO13S2. The number of ether oxygens (including phenoxy) is 6. The van der Waals surface area contributed by atoms with Crippen molar-refractivity contribution < 1.29 is 62.0 Å². The first-order valence-electron chi connectivity index (χ1n) is 14.2. The van der Waals surface area contributed by atoms with E-state index in [1.807, 2.05) is 0 Å². The number of hydrogen-bond acceptors (Lipinski definition) is 15. The third-order valence-electron chi connectivity index (χ3n) is 6.53. The standard InChI is InChI=1S/C30H39NO13S2/c1-9-45-30(29(38)39-8)28(46-22-13-11-10-12-14-22)27(43-21(7)37)24(31(16(2)32)17(3)33)26(44-30)25(42-20(6)36)23(41-19(5)35)15-40-18(4)34/h10-14,23-28H,9,15H2,1-8H3/t23-,24+,25-,26?,27?,28?,30+/m1/s1. The molecule has 16 heteroatoms. The van der Waals surface area contributed by atoms with Crippen molar-refractivity contribution in [2.24, 2.45) is 0 Å². The summed E-state index contributed by atoms with van der Waals surface area (Å²) in [4.78, 5) is 88.8. The van der Waals surface area contributed by atoms with E-state index in [4.69, 9.17) is 28.4 Å². The van der Waals surface area contributed by atoms with Gasteiger partial charge in [-0.25, -0.2) is 4.79 Å². The first-order chi connectivity index (χ1) is 21.6. The van der Waals surface area contributed by atoms with Gasteiger partial charge in [0.15, 0.2) is 12.2 Å². The van der Waals surface area contributed by atoms with E-state index in [9.17, 15) is 33.6 Å². The Hall–Kier alpha value is -3.63. The van der Waals surface area contributed by atoms with Crippen molar-refractivity contribution in [1.82, 2.24) is 4.90 Å². The number of benzene rings is 1. The molecule has 1 saturated heterocycles. The number of thioether (sulfide) groups is 2. The highest BCUT2D eigenvalue weighted by Crippen LogP contribution is 2.50. The number of nitrogens with zero attached hydrogens (tertiary/aromatic N) is 1. The zero-order valence-corrected chi connectivity index (χ0v) is 28.5. The SMILES string of the molecule is CCS[C@@]1(C(=O)OC)OC([C@H](OC(C)=O)[C@@H](COC(C)=O)OC(C)=O)[C@H](N(C(C)=O)C(C)=O)C(OC(C)=O)C1Sc1ccccc1. The lowest BCUT2D eigenvalue weighted by molar-refractivity contribution is -0.231. The second kappa shape index (κ2) is 17.3. The number of rotatable bonds is 13. The molecule has 2 rings (SSSR count). The summed E-state index contributed by atoms with van der Waals surface area (Å²) in [5.74, 6) is -5.66. The van der Waals surface area contributed by atoms with E-state index in [0.29, 0.717) is 4.90 Å². The quantitative estimate of drug-likeness (QED) is 0.218. The fraction of sp³-hybridized carbons (Fsp3) is 0.567. The largest absolute Gasteiger partial charge is 0.466 e. The molecule has 1 aliphatic heterocycles. The van der Waals surface area contributed by atoms with Gasteiger partial charge >= 0.3 is 29.8 Å². The van der Waals surface area contributed by atoms with Crippen LogP contribution in [0.15, 0.2) is 35.2 Å². The van der Waals surface area contributed by atoms with E-state index in [1.165, 1.54) is 0 Å². The molecule has 46 heavy (non-hydrogen) atoms. The van der Waals surface area contributed by atoms with E-state index >= 15 is 0 Å². The molecule has 1 aromatic carbocycles. The van der Waals surface area contributed by atoms with Crippen LogP contribution in [0.2, 0.25) is 0 Å². The van der Waals surface area contributed by atoms with Crippen molar-refractivity contribution in [2.75, 3.05) is 19.5 Å². The van der Waals surface area contributed by atoms with E-state index < -0.39 is 88.9 Å². The first-order valence-corrected chi connectivity index (χ1v) is 16.0. The highest BCUT2D eigenvalue weighted by atomic mass is 32.2. The molecule has 0 N–H and O–H groups in total. The second-order valence-electron chi connectivity index (χ2n) is 10.0.